The van der Waals surface area contributed by atoms with E-state index in [9.17, 15) is 0 Å². The summed E-state index contributed by atoms with van der Waals surface area (Å²) in [5.74, 6) is 3.04. The zero-order chi connectivity index (χ0) is 41.2. The molecule has 0 saturated carbocycles. The molecular formula is C34H56ClN14O6S+. The summed E-state index contributed by atoms with van der Waals surface area (Å²) in [6.45, 7) is 9.04. The number of rotatable bonds is 22. The summed E-state index contributed by atoms with van der Waals surface area (Å²) < 4.78 is 30.1. The van der Waals surface area contributed by atoms with E-state index < -0.39 is 0 Å². The van der Waals surface area contributed by atoms with Crippen LogP contribution in [0.4, 0.5) is 34.2 Å². The van der Waals surface area contributed by atoms with Gasteiger partial charge in [-0.15, -0.1) is 0 Å². The van der Waals surface area contributed by atoms with Crippen LogP contribution in [0.1, 0.15) is 4.88 Å². The lowest BCUT2D eigenvalue weighted by Crippen LogP contribution is -2.86. The van der Waals surface area contributed by atoms with E-state index in [1.54, 1.807) is 48.7 Å². The lowest BCUT2D eigenvalue weighted by atomic mass is 10.4. The van der Waals surface area contributed by atoms with Crippen LogP contribution < -0.4 is 31.9 Å². The van der Waals surface area contributed by atoms with E-state index in [1.165, 1.54) is 42.6 Å². The van der Waals surface area contributed by atoms with Crippen molar-refractivity contribution in [1.29, 1.82) is 5.26 Å². The van der Waals surface area contributed by atoms with Gasteiger partial charge in [0.05, 0.1) is 58.9 Å². The van der Waals surface area contributed by atoms with E-state index >= 15 is 0 Å². The zero-order valence-electron chi connectivity index (χ0n) is 33.0. The summed E-state index contributed by atoms with van der Waals surface area (Å²) >= 11 is 6.69. The van der Waals surface area contributed by atoms with Gasteiger partial charge in [-0.05, 0) is 0 Å². The lowest BCUT2D eigenvalue weighted by Gasteiger charge is -2.23. The molecule has 22 heteroatoms. The summed E-state index contributed by atoms with van der Waals surface area (Å²) in [6, 6.07) is 7.12. The van der Waals surface area contributed by atoms with Gasteiger partial charge in [0.15, 0.2) is 5.13 Å². The normalized spacial score (nSPS) is 10.1. The largest absolute Gasteiger partial charge is 0.384 e. The molecule has 0 radical (unpaired) electrons. The molecule has 56 heavy (non-hydrogen) atoms. The van der Waals surface area contributed by atoms with Gasteiger partial charge in [-0.25, -0.2) is 34.9 Å². The molecule has 0 aliphatic carbocycles. The molecule has 0 amide bonds. The van der Waals surface area contributed by atoms with Gasteiger partial charge >= 0.3 is 0 Å². The zero-order valence-corrected chi connectivity index (χ0v) is 34.5. The fourth-order valence-electron chi connectivity index (χ4n) is 4.00. The maximum atomic E-state index is 8.84. The Bertz CT molecular complexity index is 1570. The molecular weight excluding hydrogens is 768 g/mol. The fourth-order valence-corrected chi connectivity index (χ4v) is 4.77. The fraction of sp³-hybridized carbons (Fsp3) is 0.529. The molecule has 0 saturated heterocycles. The number of quaternary nitrogens is 1. The Morgan fingerprint density at radius 1 is 0.661 bits per heavy atom. The molecule has 0 atom stereocenters. The summed E-state index contributed by atoms with van der Waals surface area (Å²) in [6.07, 6.45) is 5.79. The molecule has 4 heterocycles. The lowest BCUT2D eigenvalue weighted by molar-refractivity contribution is -0.657. The molecule has 310 valence electrons. The molecule has 0 aromatic carbocycles. The highest BCUT2D eigenvalue weighted by Crippen LogP contribution is 2.22. The number of anilines is 6. The molecule has 0 unspecified atom stereocenters. The van der Waals surface area contributed by atoms with Crippen molar-refractivity contribution in [2.45, 2.75) is 0 Å². The van der Waals surface area contributed by atoms with Gasteiger partial charge < -0.3 is 60.3 Å². The second kappa shape index (κ2) is 32.6. The van der Waals surface area contributed by atoms with Crippen LogP contribution in [0.25, 0.3) is 0 Å². The molecule has 0 bridgehead atoms. The smallest absolute Gasteiger partial charge is 0.189 e. The van der Waals surface area contributed by atoms with Crippen molar-refractivity contribution >= 4 is 57.2 Å². The highest BCUT2D eigenvalue weighted by Gasteiger charge is 2.11. The summed E-state index contributed by atoms with van der Waals surface area (Å²) in [5.41, 5.74) is 10.8. The van der Waals surface area contributed by atoms with Crippen LogP contribution in [0.3, 0.4) is 0 Å². The number of aromatic nitrogens is 7. The van der Waals surface area contributed by atoms with Crippen LogP contribution in [0.5, 0.6) is 0 Å². The average molecular weight is 824 g/mol. The predicted octanol–water partition coefficient (Wildman–Crippen LogP) is 1.36. The minimum atomic E-state index is 0.373. The maximum absolute atomic E-state index is 8.84. The third-order valence-corrected chi connectivity index (χ3v) is 7.82. The van der Waals surface area contributed by atoms with Crippen molar-refractivity contribution in [2.75, 3.05) is 148 Å². The highest BCUT2D eigenvalue weighted by atomic mass is 35.5. The van der Waals surface area contributed by atoms with E-state index in [1.807, 2.05) is 11.0 Å². The van der Waals surface area contributed by atoms with Crippen molar-refractivity contribution in [1.82, 2.24) is 34.9 Å². The number of methoxy groups -OCH3 is 6. The van der Waals surface area contributed by atoms with E-state index in [4.69, 9.17) is 56.8 Å². The number of nitriles is 1. The van der Waals surface area contributed by atoms with Crippen LogP contribution in [0, 0.1) is 11.3 Å². The molecule has 4 rings (SSSR count). The second-order valence-electron chi connectivity index (χ2n) is 10.9. The molecule has 0 fully saturated rings. The van der Waals surface area contributed by atoms with Crippen molar-refractivity contribution in [3.05, 3.63) is 53.4 Å². The number of thiazole rings is 1. The Hall–Kier alpha value is -4.63. The summed E-state index contributed by atoms with van der Waals surface area (Å²) in [4.78, 5) is 32.5. The first kappa shape index (κ1) is 49.4. The third-order valence-electron chi connectivity index (χ3n) is 6.79. The molecule has 4 aromatic heterocycles. The maximum Gasteiger partial charge on any atom is 0.189 e. The Morgan fingerprint density at radius 2 is 1.12 bits per heavy atom. The number of nitrogens with zero attached hydrogens (tertiary/aromatic N) is 10. The van der Waals surface area contributed by atoms with Crippen LogP contribution in [0.15, 0.2) is 43.4 Å². The minimum absolute atomic E-state index is 0.373. The van der Waals surface area contributed by atoms with Crippen molar-refractivity contribution < 1.29 is 33.7 Å². The van der Waals surface area contributed by atoms with Crippen LogP contribution in [-0.2, 0) is 28.4 Å². The van der Waals surface area contributed by atoms with E-state index in [0.717, 1.165) is 51.0 Å². The van der Waals surface area contributed by atoms with E-state index in [2.05, 4.69) is 56.5 Å². The first-order chi connectivity index (χ1) is 27.2. The van der Waals surface area contributed by atoms with Gasteiger partial charge in [0.2, 0.25) is 0 Å². The Labute approximate surface area is 337 Å². The van der Waals surface area contributed by atoms with Crippen molar-refractivity contribution in [2.24, 2.45) is 0 Å². The van der Waals surface area contributed by atoms with Gasteiger partial charge in [-0.2, -0.15) is 5.26 Å². The first-order valence-electron chi connectivity index (χ1n) is 17.3. The third kappa shape index (κ3) is 23.3. The Kier molecular flexibility index (Phi) is 28.7. The molecule has 20 nitrogen and oxygen atoms in total. The van der Waals surface area contributed by atoms with Gasteiger partial charge in [0.1, 0.15) is 64.2 Å². The average Bonchev–Trinajstić information content (AvgIpc) is 3.66. The molecule has 7 N–H and O–H groups in total. The summed E-state index contributed by atoms with van der Waals surface area (Å²) in [7, 11) is 10.1. The van der Waals surface area contributed by atoms with Crippen LogP contribution in [0.2, 0.25) is 5.15 Å². The number of ether oxygens (including phenoxy) is 6. The SMILES string of the molecule is COCCN(CCOC)c1cc(N)ncn1.COCCN(CCOC)c1cc(Nc2ncc(C#N)s2)ncn1.COCC[NH2+]CCOC.Nc1cc(Cl)ncn1. The minimum Gasteiger partial charge on any atom is -0.384 e. The first-order valence-corrected chi connectivity index (χ1v) is 18.4. The van der Waals surface area contributed by atoms with Gasteiger partial charge in [-0.3, -0.25) is 0 Å². The molecule has 0 aliphatic heterocycles. The van der Waals surface area contributed by atoms with Crippen LogP contribution >= 0.6 is 22.9 Å². The van der Waals surface area contributed by atoms with Crippen molar-refractivity contribution in [3.63, 3.8) is 0 Å². The summed E-state index contributed by atoms with van der Waals surface area (Å²) in [5, 5.41) is 15.1. The Balaban J connectivity index is 0.000000410. The number of hydrogen-bond donors (Lipinski definition) is 4. The quantitative estimate of drug-likeness (QED) is 0.0644. The van der Waals surface area contributed by atoms with E-state index in [0.29, 0.717) is 72.1 Å². The second-order valence-corrected chi connectivity index (χ2v) is 12.3. The van der Waals surface area contributed by atoms with E-state index in [-0.39, 0.29) is 0 Å². The topological polar surface area (TPSA) is 257 Å². The predicted molar refractivity (Wildman–Crippen MR) is 217 cm³/mol. The number of halogens is 1. The molecule has 0 aliphatic rings. The monoisotopic (exact) mass is 823 g/mol. The van der Waals surface area contributed by atoms with Crippen molar-refractivity contribution in [3.8, 4) is 6.07 Å². The molecule has 4 aromatic rings. The molecule has 0 spiro atoms. The van der Waals surface area contributed by atoms with Crippen LogP contribution in [-0.4, -0.2) is 156 Å². The number of hydrogen-bond acceptors (Lipinski definition) is 20. The highest BCUT2D eigenvalue weighted by molar-refractivity contribution is 7.16. The number of nitrogens with two attached hydrogens (primary N) is 3. The number of nitrogen functional groups attached to an aromatic ring is 2. The standard InChI is InChI=1S/C14H18N6O2S.C10H18N4O2.C6H15NO2.C4H4ClN3/c1-21-5-3-20(4-6-22-2)13-7-12(17-10-18-13)19-14-16-9-11(8-15)23-14;1-15-5-3-14(4-6-16-2)10-7-9(11)12-8-13-10;1-8-5-3-7-4-6-9-2;5-3-1-4(6)8-2-7-3/h7,9-10H,3-6H2,1-2H3,(H,16,17,18,19);7-8H,3-6H2,1-2H3,(H2,11,12,13);7H,3-6H2,1-2H3;1-2H,(H2,6,7,8)/p+1. The number of nitrogens with one attached hydrogen (secondary N) is 1. The van der Waals surface area contributed by atoms with Gasteiger partial charge in [0.25, 0.3) is 0 Å². The van der Waals surface area contributed by atoms with Gasteiger partial charge in [-0.1, -0.05) is 22.9 Å². The van der Waals surface area contributed by atoms with Gasteiger partial charge in [0, 0.05) is 87.0 Å². The Morgan fingerprint density at radius 3 is 1.54 bits per heavy atom.